The van der Waals surface area contributed by atoms with Crippen molar-refractivity contribution in [2.75, 3.05) is 26.3 Å². The van der Waals surface area contributed by atoms with Crippen molar-refractivity contribution in [1.29, 1.82) is 0 Å². The first-order valence-electron chi connectivity index (χ1n) is 7.54. The molecule has 1 aromatic rings. The molecule has 1 aliphatic heterocycles. The van der Waals surface area contributed by atoms with Crippen LogP contribution in [0.3, 0.4) is 0 Å². The smallest absolute Gasteiger partial charge is 0.0622 e. The molecule has 3 nitrogen and oxygen atoms in total. The van der Waals surface area contributed by atoms with Crippen LogP contribution in [0.4, 0.5) is 0 Å². The van der Waals surface area contributed by atoms with Crippen LogP contribution >= 0.6 is 15.9 Å². The summed E-state index contributed by atoms with van der Waals surface area (Å²) in [6.45, 7) is 10.1. The Hall–Kier alpha value is -0.420. The van der Waals surface area contributed by atoms with Gasteiger partial charge < -0.3 is 10.1 Å². The summed E-state index contributed by atoms with van der Waals surface area (Å²) in [7, 11) is 0. The monoisotopic (exact) mass is 340 g/mol. The quantitative estimate of drug-likeness (QED) is 0.860. The van der Waals surface area contributed by atoms with Gasteiger partial charge in [-0.2, -0.15) is 0 Å². The summed E-state index contributed by atoms with van der Waals surface area (Å²) >= 11 is 3.72. The van der Waals surface area contributed by atoms with E-state index in [4.69, 9.17) is 4.74 Å². The second-order valence-corrected chi connectivity index (χ2v) is 6.17. The molecule has 0 amide bonds. The van der Waals surface area contributed by atoms with Gasteiger partial charge in [-0.3, -0.25) is 4.90 Å². The van der Waals surface area contributed by atoms with Crippen molar-refractivity contribution in [3.8, 4) is 0 Å². The fourth-order valence-corrected chi connectivity index (χ4v) is 3.14. The molecule has 1 unspecified atom stereocenters. The van der Waals surface area contributed by atoms with Gasteiger partial charge in [0.05, 0.1) is 13.2 Å². The molecule has 0 aromatic heterocycles. The highest BCUT2D eigenvalue weighted by atomic mass is 79.9. The number of ether oxygens (including phenoxy) is 1. The first-order valence-corrected chi connectivity index (χ1v) is 8.33. The van der Waals surface area contributed by atoms with Crippen molar-refractivity contribution in [3.63, 3.8) is 0 Å². The Bertz CT molecular complexity index is 425. The third-order valence-electron chi connectivity index (χ3n) is 3.89. The van der Waals surface area contributed by atoms with Gasteiger partial charge in [0, 0.05) is 30.1 Å². The lowest BCUT2D eigenvalue weighted by atomic mass is 10.1. The average molecular weight is 341 g/mol. The van der Waals surface area contributed by atoms with E-state index in [0.29, 0.717) is 6.04 Å². The van der Waals surface area contributed by atoms with Crippen molar-refractivity contribution < 1.29 is 4.74 Å². The topological polar surface area (TPSA) is 24.5 Å². The number of halogens is 1. The van der Waals surface area contributed by atoms with Gasteiger partial charge in [0.25, 0.3) is 0 Å². The lowest BCUT2D eigenvalue weighted by molar-refractivity contribution is -0.0128. The molecule has 1 fully saturated rings. The first-order chi connectivity index (χ1) is 9.74. The molecule has 0 bridgehead atoms. The minimum atomic E-state index is 0.553. The maximum absolute atomic E-state index is 5.57. The zero-order chi connectivity index (χ0) is 14.4. The van der Waals surface area contributed by atoms with E-state index in [1.165, 1.54) is 15.6 Å². The third kappa shape index (κ3) is 4.29. The molecule has 4 heteroatoms. The normalized spacial score (nSPS) is 20.2. The highest BCUT2D eigenvalue weighted by Crippen LogP contribution is 2.22. The largest absolute Gasteiger partial charge is 0.378 e. The molecular formula is C16H25BrN2O. The number of nitrogens with one attached hydrogen (secondary N) is 1. The van der Waals surface area contributed by atoms with Crippen molar-refractivity contribution >= 4 is 15.9 Å². The maximum atomic E-state index is 5.57. The number of nitrogens with zero attached hydrogens (tertiary/aromatic N) is 1. The molecular weight excluding hydrogens is 316 g/mol. The van der Waals surface area contributed by atoms with E-state index in [0.717, 1.165) is 45.8 Å². The van der Waals surface area contributed by atoms with Crippen molar-refractivity contribution in [1.82, 2.24) is 10.2 Å². The van der Waals surface area contributed by atoms with Gasteiger partial charge in [-0.15, -0.1) is 0 Å². The van der Waals surface area contributed by atoms with Crippen LogP contribution in [-0.4, -0.2) is 37.2 Å². The fraction of sp³-hybridized carbons (Fsp3) is 0.625. The molecule has 1 aromatic carbocycles. The van der Waals surface area contributed by atoms with Crippen LogP contribution in [-0.2, 0) is 17.8 Å². The summed E-state index contributed by atoms with van der Waals surface area (Å²) in [4.78, 5) is 2.54. The van der Waals surface area contributed by atoms with E-state index in [2.05, 4.69) is 58.2 Å². The number of morpholine rings is 1. The van der Waals surface area contributed by atoms with Gasteiger partial charge in [0.2, 0.25) is 0 Å². The predicted octanol–water partition coefficient (Wildman–Crippen LogP) is 3.17. The highest BCUT2D eigenvalue weighted by molar-refractivity contribution is 9.10. The van der Waals surface area contributed by atoms with Crippen LogP contribution in [0, 0.1) is 0 Å². The Morgan fingerprint density at radius 1 is 1.40 bits per heavy atom. The van der Waals surface area contributed by atoms with Crippen LogP contribution in [0.15, 0.2) is 22.7 Å². The zero-order valence-corrected chi connectivity index (χ0v) is 14.1. The number of hydrogen-bond donors (Lipinski definition) is 1. The Morgan fingerprint density at radius 3 is 2.95 bits per heavy atom. The molecule has 2 rings (SSSR count). The molecule has 1 saturated heterocycles. The second kappa shape index (κ2) is 8.13. The summed E-state index contributed by atoms with van der Waals surface area (Å²) in [6, 6.07) is 7.26. The molecule has 20 heavy (non-hydrogen) atoms. The minimum absolute atomic E-state index is 0.553. The van der Waals surface area contributed by atoms with Crippen molar-refractivity contribution in [2.24, 2.45) is 0 Å². The Kier molecular flexibility index (Phi) is 6.49. The first kappa shape index (κ1) is 16.0. The molecule has 0 spiro atoms. The maximum Gasteiger partial charge on any atom is 0.0622 e. The molecule has 1 N–H and O–H groups in total. The Labute approximate surface area is 130 Å². The minimum Gasteiger partial charge on any atom is -0.378 e. The van der Waals surface area contributed by atoms with E-state index in [1.807, 2.05) is 0 Å². The molecule has 0 saturated carbocycles. The van der Waals surface area contributed by atoms with Gasteiger partial charge in [-0.05, 0) is 30.2 Å². The van der Waals surface area contributed by atoms with Crippen molar-refractivity contribution in [3.05, 3.63) is 33.8 Å². The number of hydrogen-bond acceptors (Lipinski definition) is 3. The van der Waals surface area contributed by atoms with Crippen LogP contribution < -0.4 is 5.32 Å². The van der Waals surface area contributed by atoms with Gasteiger partial charge in [-0.25, -0.2) is 0 Å². The van der Waals surface area contributed by atoms with E-state index in [9.17, 15) is 0 Å². The molecule has 112 valence electrons. The predicted molar refractivity (Wildman–Crippen MR) is 86.8 cm³/mol. The van der Waals surface area contributed by atoms with Gasteiger partial charge in [-0.1, -0.05) is 41.9 Å². The SMILES string of the molecule is CCNCc1ccc(CN2CCOCC2CC)c(Br)c1. The summed E-state index contributed by atoms with van der Waals surface area (Å²) in [5.74, 6) is 0. The van der Waals surface area contributed by atoms with Crippen LogP contribution in [0.25, 0.3) is 0 Å². The zero-order valence-electron chi connectivity index (χ0n) is 12.5. The van der Waals surface area contributed by atoms with Gasteiger partial charge in [0.15, 0.2) is 0 Å². The molecule has 1 aliphatic rings. The van der Waals surface area contributed by atoms with Crippen molar-refractivity contribution in [2.45, 2.75) is 39.4 Å². The van der Waals surface area contributed by atoms with E-state index < -0.39 is 0 Å². The van der Waals surface area contributed by atoms with Crippen LogP contribution in [0.2, 0.25) is 0 Å². The van der Waals surface area contributed by atoms with E-state index >= 15 is 0 Å². The molecule has 0 radical (unpaired) electrons. The van der Waals surface area contributed by atoms with Gasteiger partial charge >= 0.3 is 0 Å². The van der Waals surface area contributed by atoms with Crippen LogP contribution in [0.1, 0.15) is 31.4 Å². The summed E-state index contributed by atoms with van der Waals surface area (Å²) < 4.78 is 6.79. The summed E-state index contributed by atoms with van der Waals surface area (Å²) in [5, 5.41) is 3.36. The molecule has 1 heterocycles. The number of benzene rings is 1. The molecule has 0 aliphatic carbocycles. The second-order valence-electron chi connectivity index (χ2n) is 5.31. The van der Waals surface area contributed by atoms with Gasteiger partial charge in [0.1, 0.15) is 0 Å². The highest BCUT2D eigenvalue weighted by Gasteiger charge is 2.21. The average Bonchev–Trinajstić information content (AvgIpc) is 2.48. The lowest BCUT2D eigenvalue weighted by Gasteiger charge is -2.35. The Balaban J connectivity index is 2.01. The third-order valence-corrected chi connectivity index (χ3v) is 4.63. The van der Waals surface area contributed by atoms with Crippen LogP contribution in [0.5, 0.6) is 0 Å². The van der Waals surface area contributed by atoms with E-state index in [-0.39, 0.29) is 0 Å². The summed E-state index contributed by atoms with van der Waals surface area (Å²) in [5.41, 5.74) is 2.70. The lowest BCUT2D eigenvalue weighted by Crippen LogP contribution is -2.44. The Morgan fingerprint density at radius 2 is 2.25 bits per heavy atom. The standard InChI is InChI=1S/C16H25BrN2O/c1-3-15-12-20-8-7-19(15)11-14-6-5-13(9-16(14)17)10-18-4-2/h5-6,9,15,18H,3-4,7-8,10-12H2,1-2H3. The van der Waals surface area contributed by atoms with E-state index in [1.54, 1.807) is 0 Å². The number of rotatable bonds is 6. The fourth-order valence-electron chi connectivity index (χ4n) is 2.59. The molecule has 1 atom stereocenters. The summed E-state index contributed by atoms with van der Waals surface area (Å²) in [6.07, 6.45) is 1.15.